The van der Waals surface area contributed by atoms with Crippen molar-refractivity contribution in [2.75, 3.05) is 0 Å². The lowest BCUT2D eigenvalue weighted by atomic mass is 9.79. The third-order valence-corrected chi connectivity index (χ3v) is 4.94. The van der Waals surface area contributed by atoms with Crippen molar-refractivity contribution < 1.29 is 14.4 Å². The zero-order chi connectivity index (χ0) is 18.1. The summed E-state index contributed by atoms with van der Waals surface area (Å²) < 4.78 is 1.59. The fraction of sp³-hybridized carbons (Fsp3) is 0.353. The Balaban J connectivity index is 1.37. The number of imide groups is 1. The van der Waals surface area contributed by atoms with E-state index in [0.717, 1.165) is 5.69 Å². The van der Waals surface area contributed by atoms with Gasteiger partial charge in [-0.3, -0.25) is 19.9 Å². The van der Waals surface area contributed by atoms with Crippen LogP contribution in [0, 0.1) is 0 Å². The highest BCUT2D eigenvalue weighted by Gasteiger charge is 2.48. The van der Waals surface area contributed by atoms with E-state index in [9.17, 15) is 14.4 Å². The number of rotatable bonds is 3. The number of aromatic nitrogens is 3. The van der Waals surface area contributed by atoms with Gasteiger partial charge in [-0.05, 0) is 37.8 Å². The summed E-state index contributed by atoms with van der Waals surface area (Å²) in [5, 5.41) is 12.2. The Hall–Kier alpha value is -3.23. The Bertz CT molecular complexity index is 854. The van der Waals surface area contributed by atoms with Crippen LogP contribution in [0.3, 0.4) is 0 Å². The minimum absolute atomic E-state index is 0.0415. The van der Waals surface area contributed by atoms with Gasteiger partial charge in [0.1, 0.15) is 5.54 Å². The number of amides is 4. The number of carbonyl (C=O) groups is 3. The van der Waals surface area contributed by atoms with E-state index in [0.29, 0.717) is 31.2 Å². The van der Waals surface area contributed by atoms with Crippen LogP contribution in [-0.2, 0) is 4.79 Å². The van der Waals surface area contributed by atoms with E-state index in [4.69, 9.17) is 0 Å². The summed E-state index contributed by atoms with van der Waals surface area (Å²) in [5.41, 5.74) is 0.416. The molecule has 1 saturated carbocycles. The largest absolute Gasteiger partial charge is 0.349 e. The van der Waals surface area contributed by atoms with Gasteiger partial charge in [-0.25, -0.2) is 9.48 Å². The van der Waals surface area contributed by atoms with Crippen LogP contribution in [-0.4, -0.2) is 44.2 Å². The van der Waals surface area contributed by atoms with Crippen LogP contribution in [0.25, 0.3) is 5.69 Å². The van der Waals surface area contributed by atoms with Crippen LogP contribution in [0.5, 0.6) is 0 Å². The molecule has 1 aliphatic heterocycles. The molecule has 2 aliphatic rings. The van der Waals surface area contributed by atoms with Gasteiger partial charge in [-0.1, -0.05) is 0 Å². The summed E-state index contributed by atoms with van der Waals surface area (Å²) >= 11 is 0. The van der Waals surface area contributed by atoms with Gasteiger partial charge in [0.05, 0.1) is 23.6 Å². The fourth-order valence-electron chi connectivity index (χ4n) is 3.47. The molecule has 1 aliphatic carbocycles. The van der Waals surface area contributed by atoms with Crippen LogP contribution in [0.4, 0.5) is 4.79 Å². The second-order valence-electron chi connectivity index (χ2n) is 6.62. The van der Waals surface area contributed by atoms with Gasteiger partial charge in [0.2, 0.25) is 0 Å². The first-order valence-corrected chi connectivity index (χ1v) is 8.45. The van der Waals surface area contributed by atoms with E-state index >= 15 is 0 Å². The van der Waals surface area contributed by atoms with Crippen LogP contribution in [0.2, 0.25) is 0 Å². The molecular weight excluding hydrogens is 336 g/mol. The van der Waals surface area contributed by atoms with Crippen LogP contribution < -0.4 is 16.0 Å². The van der Waals surface area contributed by atoms with Gasteiger partial charge >= 0.3 is 6.03 Å². The van der Waals surface area contributed by atoms with E-state index in [-0.39, 0.29) is 17.9 Å². The Labute approximate surface area is 149 Å². The van der Waals surface area contributed by atoms with Gasteiger partial charge in [0.15, 0.2) is 0 Å². The molecule has 9 nitrogen and oxygen atoms in total. The number of urea groups is 1. The quantitative estimate of drug-likeness (QED) is 0.695. The van der Waals surface area contributed by atoms with Crippen molar-refractivity contribution in [3.05, 3.63) is 42.5 Å². The lowest BCUT2D eigenvalue weighted by molar-refractivity contribution is -0.125. The molecule has 0 bridgehead atoms. The fourth-order valence-corrected chi connectivity index (χ4v) is 3.47. The Kier molecular flexibility index (Phi) is 3.90. The molecule has 4 amide bonds. The van der Waals surface area contributed by atoms with Crippen molar-refractivity contribution in [3.8, 4) is 5.69 Å². The molecule has 1 spiro atoms. The molecule has 134 valence electrons. The average Bonchev–Trinajstić information content (AvgIpc) is 3.23. The van der Waals surface area contributed by atoms with Crippen molar-refractivity contribution in [1.29, 1.82) is 0 Å². The smallest absolute Gasteiger partial charge is 0.322 e. The minimum Gasteiger partial charge on any atom is -0.349 e. The number of pyridine rings is 1. The zero-order valence-corrected chi connectivity index (χ0v) is 13.9. The maximum atomic E-state index is 12.5. The Morgan fingerprint density at radius 2 is 2.08 bits per heavy atom. The molecule has 0 atom stereocenters. The Morgan fingerprint density at radius 1 is 1.27 bits per heavy atom. The van der Waals surface area contributed by atoms with Gasteiger partial charge in [0, 0.05) is 18.4 Å². The van der Waals surface area contributed by atoms with E-state index < -0.39 is 11.6 Å². The highest BCUT2D eigenvalue weighted by Crippen LogP contribution is 2.31. The second kappa shape index (κ2) is 6.25. The second-order valence-corrected chi connectivity index (χ2v) is 6.62. The monoisotopic (exact) mass is 354 g/mol. The lowest BCUT2D eigenvalue weighted by Gasteiger charge is -2.34. The molecule has 9 heteroatoms. The van der Waals surface area contributed by atoms with Crippen molar-refractivity contribution in [3.63, 3.8) is 0 Å². The molecule has 1 saturated heterocycles. The molecule has 2 aromatic heterocycles. The van der Waals surface area contributed by atoms with Crippen molar-refractivity contribution >= 4 is 17.8 Å². The predicted molar refractivity (Wildman–Crippen MR) is 90.5 cm³/mol. The van der Waals surface area contributed by atoms with Gasteiger partial charge in [0.25, 0.3) is 11.8 Å². The average molecular weight is 354 g/mol. The van der Waals surface area contributed by atoms with Crippen molar-refractivity contribution in [1.82, 2.24) is 30.7 Å². The number of nitrogens with one attached hydrogen (secondary N) is 3. The first kappa shape index (κ1) is 16.2. The van der Waals surface area contributed by atoms with Crippen molar-refractivity contribution in [2.45, 2.75) is 37.3 Å². The van der Waals surface area contributed by atoms with Crippen molar-refractivity contribution in [2.24, 2.45) is 0 Å². The van der Waals surface area contributed by atoms with Crippen LogP contribution in [0.15, 0.2) is 36.9 Å². The molecule has 0 aromatic carbocycles. The zero-order valence-electron chi connectivity index (χ0n) is 13.9. The predicted octanol–water partition coefficient (Wildman–Crippen LogP) is 0.518. The third kappa shape index (κ3) is 2.92. The van der Waals surface area contributed by atoms with Gasteiger partial charge < -0.3 is 10.6 Å². The standard InChI is InChI=1S/C17H18N6O3/c24-14(11-8-19-23(10-11)13-2-1-7-18-9-13)20-12-3-5-17(6-4-12)15(25)21-16(26)22-17/h1-2,7-10,12H,3-6H2,(H,20,24)(H2,21,22,25,26). The summed E-state index contributed by atoms with van der Waals surface area (Å²) in [6.07, 6.45) is 8.75. The van der Waals surface area contributed by atoms with Gasteiger partial charge in [-0.15, -0.1) is 0 Å². The van der Waals surface area contributed by atoms with E-state index in [2.05, 4.69) is 26.0 Å². The maximum absolute atomic E-state index is 12.5. The van der Waals surface area contributed by atoms with E-state index in [1.165, 1.54) is 6.20 Å². The minimum atomic E-state index is -0.816. The highest BCUT2D eigenvalue weighted by atomic mass is 16.2. The number of carbonyl (C=O) groups excluding carboxylic acids is 3. The Morgan fingerprint density at radius 3 is 2.73 bits per heavy atom. The summed E-state index contributed by atoms with van der Waals surface area (Å²) in [4.78, 5) is 39.8. The molecule has 2 aromatic rings. The first-order valence-electron chi connectivity index (χ1n) is 8.45. The topological polar surface area (TPSA) is 118 Å². The molecule has 4 rings (SSSR count). The summed E-state index contributed by atoms with van der Waals surface area (Å²) in [6.45, 7) is 0. The maximum Gasteiger partial charge on any atom is 0.322 e. The van der Waals surface area contributed by atoms with Crippen LogP contribution >= 0.6 is 0 Å². The molecule has 3 N–H and O–H groups in total. The van der Waals surface area contributed by atoms with E-state index in [1.54, 1.807) is 29.3 Å². The van der Waals surface area contributed by atoms with Crippen LogP contribution in [0.1, 0.15) is 36.0 Å². The summed E-state index contributed by atoms with van der Waals surface area (Å²) in [5.74, 6) is -0.481. The summed E-state index contributed by atoms with van der Waals surface area (Å²) in [6, 6.07) is 3.16. The first-order chi connectivity index (χ1) is 12.6. The molecular formula is C17H18N6O3. The summed E-state index contributed by atoms with van der Waals surface area (Å²) in [7, 11) is 0. The molecule has 0 radical (unpaired) electrons. The lowest BCUT2D eigenvalue weighted by Crippen LogP contribution is -2.52. The normalized spacial score (nSPS) is 25.0. The highest BCUT2D eigenvalue weighted by molar-refractivity contribution is 6.07. The molecule has 3 heterocycles. The molecule has 2 fully saturated rings. The van der Waals surface area contributed by atoms with E-state index in [1.807, 2.05) is 6.07 Å². The molecule has 26 heavy (non-hydrogen) atoms. The number of nitrogens with zero attached hydrogens (tertiary/aromatic N) is 3. The number of hydrogen-bond acceptors (Lipinski definition) is 5. The number of hydrogen-bond donors (Lipinski definition) is 3. The molecule has 0 unspecified atom stereocenters. The van der Waals surface area contributed by atoms with Gasteiger partial charge in [-0.2, -0.15) is 5.10 Å². The SMILES string of the molecule is O=C1NC(=O)C2(CCC(NC(=O)c3cnn(-c4cccnc4)c3)CC2)N1. The third-order valence-electron chi connectivity index (χ3n) is 4.94.